The molecule has 0 bridgehead atoms. The second-order valence-corrected chi connectivity index (χ2v) is 9.47. The van der Waals surface area contributed by atoms with Crippen LogP contribution in [-0.2, 0) is 5.60 Å². The van der Waals surface area contributed by atoms with E-state index in [4.69, 9.17) is 4.98 Å². The fourth-order valence-electron chi connectivity index (χ4n) is 4.64. The highest BCUT2D eigenvalue weighted by Gasteiger charge is 2.33. The van der Waals surface area contributed by atoms with E-state index in [1.165, 1.54) is 12.1 Å². The Kier molecular flexibility index (Phi) is 6.78. The van der Waals surface area contributed by atoms with Crippen LogP contribution in [0.25, 0.3) is 33.3 Å². The van der Waals surface area contributed by atoms with Gasteiger partial charge in [-0.3, -0.25) is 4.98 Å². The number of hydrogen-bond acceptors (Lipinski definition) is 4. The molecule has 6 heteroatoms. The van der Waals surface area contributed by atoms with Gasteiger partial charge in [-0.15, -0.1) is 0 Å². The van der Waals surface area contributed by atoms with Crippen molar-refractivity contribution in [3.05, 3.63) is 120 Å². The fourth-order valence-corrected chi connectivity index (χ4v) is 4.64. The Bertz CT molecular complexity index is 1520. The van der Waals surface area contributed by atoms with Crippen LogP contribution in [0.15, 0.2) is 97.3 Å². The van der Waals surface area contributed by atoms with E-state index in [2.05, 4.69) is 4.98 Å². The van der Waals surface area contributed by atoms with Gasteiger partial charge in [-0.1, -0.05) is 36.4 Å². The number of hydrogen-bond donors (Lipinski definition) is 1. The molecule has 2 heterocycles. The third kappa shape index (κ3) is 5.12. The lowest BCUT2D eigenvalue weighted by atomic mass is 9.82. The summed E-state index contributed by atoms with van der Waals surface area (Å²) in [5.74, 6) is -1.46. The van der Waals surface area contributed by atoms with Crippen LogP contribution < -0.4 is 0 Å². The number of benzene rings is 3. The third-order valence-corrected chi connectivity index (χ3v) is 6.59. The molecule has 0 amide bonds. The lowest BCUT2D eigenvalue weighted by molar-refractivity contribution is 0.0624. The smallest absolute Gasteiger partial charge is 0.126 e. The van der Waals surface area contributed by atoms with Crippen molar-refractivity contribution in [1.82, 2.24) is 14.9 Å². The maximum Gasteiger partial charge on any atom is 0.126 e. The van der Waals surface area contributed by atoms with Gasteiger partial charge in [-0.05, 0) is 85.2 Å². The number of aromatic nitrogens is 2. The second-order valence-electron chi connectivity index (χ2n) is 9.47. The van der Waals surface area contributed by atoms with Gasteiger partial charge in [0, 0.05) is 36.0 Å². The molecule has 37 heavy (non-hydrogen) atoms. The molecule has 5 aromatic rings. The van der Waals surface area contributed by atoms with Gasteiger partial charge in [-0.25, -0.2) is 13.8 Å². The largest absolute Gasteiger partial charge is 0.380 e. The summed E-state index contributed by atoms with van der Waals surface area (Å²) in [5, 5.41) is 12.8. The maximum atomic E-state index is 14.2. The van der Waals surface area contributed by atoms with Crippen molar-refractivity contribution in [3.8, 4) is 22.4 Å². The average molecular weight is 496 g/mol. The summed E-state index contributed by atoms with van der Waals surface area (Å²) in [4.78, 5) is 11.0. The second kappa shape index (κ2) is 10.2. The van der Waals surface area contributed by atoms with Crippen LogP contribution in [0.1, 0.15) is 17.5 Å². The molecule has 186 valence electrons. The minimum atomic E-state index is -1.61. The minimum absolute atomic E-state index is 0.174. The molecule has 0 saturated carbocycles. The van der Waals surface area contributed by atoms with Crippen molar-refractivity contribution >= 4 is 10.9 Å². The summed E-state index contributed by atoms with van der Waals surface area (Å²) < 4.78 is 28.5. The zero-order chi connectivity index (χ0) is 26.0. The minimum Gasteiger partial charge on any atom is -0.380 e. The molecule has 0 saturated heterocycles. The predicted molar refractivity (Wildman–Crippen MR) is 143 cm³/mol. The van der Waals surface area contributed by atoms with Gasteiger partial charge in [0.1, 0.15) is 17.2 Å². The number of rotatable bonds is 7. The molecular weight excluding hydrogens is 468 g/mol. The molecule has 4 nitrogen and oxygen atoms in total. The number of nitrogens with zero attached hydrogens (tertiary/aromatic N) is 3. The summed E-state index contributed by atoms with van der Waals surface area (Å²) in [6, 6.07) is 24.5. The van der Waals surface area contributed by atoms with Crippen LogP contribution in [0.2, 0.25) is 0 Å². The molecule has 0 aliphatic rings. The topological polar surface area (TPSA) is 49.2 Å². The summed E-state index contributed by atoms with van der Waals surface area (Å²) in [7, 11) is 3.79. The van der Waals surface area contributed by atoms with Crippen molar-refractivity contribution in [2.45, 2.75) is 12.0 Å². The normalized spacial score (nSPS) is 13.1. The first-order chi connectivity index (χ1) is 17.8. The van der Waals surface area contributed by atoms with Crippen molar-refractivity contribution in [2.24, 2.45) is 0 Å². The summed E-state index contributed by atoms with van der Waals surface area (Å²) in [6.07, 6.45) is 3.74. The lowest BCUT2D eigenvalue weighted by Crippen LogP contribution is -2.32. The van der Waals surface area contributed by atoms with Gasteiger partial charge in [0.2, 0.25) is 0 Å². The Balaban J connectivity index is 1.74. The number of aliphatic hydroxyl groups is 1. The highest BCUT2D eigenvalue weighted by molar-refractivity contribution is 5.97. The molecule has 0 aliphatic heterocycles. The van der Waals surface area contributed by atoms with E-state index in [1.54, 1.807) is 18.5 Å². The molecule has 3 aromatic carbocycles. The molecule has 0 aliphatic carbocycles. The quantitative estimate of drug-likeness (QED) is 0.283. The van der Waals surface area contributed by atoms with Crippen molar-refractivity contribution in [1.29, 1.82) is 0 Å². The van der Waals surface area contributed by atoms with Crippen LogP contribution in [0.5, 0.6) is 0 Å². The molecule has 5 rings (SSSR count). The number of halogens is 2. The van der Waals surface area contributed by atoms with E-state index in [0.29, 0.717) is 12.1 Å². The first-order valence-electron chi connectivity index (χ1n) is 12.1. The monoisotopic (exact) mass is 495 g/mol. The Morgan fingerprint density at radius 1 is 0.811 bits per heavy atom. The Hall–Kier alpha value is -4.00. The summed E-state index contributed by atoms with van der Waals surface area (Å²) in [5.41, 5.74) is 3.44. The van der Waals surface area contributed by atoms with E-state index < -0.39 is 17.2 Å². The SMILES string of the molecule is CN(C)CCC(O)(c1cc(F)cc(F)c1)c1ccc2nc(-c3cccnc3)cc(-c3ccccc3)c2c1. The molecule has 0 fully saturated rings. The van der Waals surface area contributed by atoms with Gasteiger partial charge in [0.25, 0.3) is 0 Å². The van der Waals surface area contributed by atoms with Crippen molar-refractivity contribution in [2.75, 3.05) is 20.6 Å². The highest BCUT2D eigenvalue weighted by atomic mass is 19.1. The maximum absolute atomic E-state index is 14.2. The summed E-state index contributed by atoms with van der Waals surface area (Å²) >= 11 is 0. The van der Waals surface area contributed by atoms with Gasteiger partial charge in [0.15, 0.2) is 0 Å². The van der Waals surface area contributed by atoms with Gasteiger partial charge >= 0.3 is 0 Å². The molecule has 1 N–H and O–H groups in total. The van der Waals surface area contributed by atoms with E-state index in [9.17, 15) is 13.9 Å². The van der Waals surface area contributed by atoms with E-state index >= 15 is 0 Å². The van der Waals surface area contributed by atoms with Gasteiger partial charge in [0.05, 0.1) is 11.2 Å². The van der Waals surface area contributed by atoms with Crippen LogP contribution in [0.3, 0.4) is 0 Å². The molecule has 0 spiro atoms. The molecular formula is C31H27F2N3O. The molecule has 2 aromatic heterocycles. The van der Waals surface area contributed by atoms with Gasteiger partial charge in [-0.2, -0.15) is 0 Å². The fraction of sp³-hybridized carbons (Fsp3) is 0.161. The first-order valence-corrected chi connectivity index (χ1v) is 12.1. The van der Waals surface area contributed by atoms with E-state index in [1.807, 2.05) is 79.7 Å². The van der Waals surface area contributed by atoms with Crippen LogP contribution in [-0.4, -0.2) is 40.6 Å². The summed E-state index contributed by atoms with van der Waals surface area (Å²) in [6.45, 7) is 0.510. The molecule has 1 atom stereocenters. The lowest BCUT2D eigenvalue weighted by Gasteiger charge is -2.31. The van der Waals surface area contributed by atoms with Crippen LogP contribution in [0, 0.1) is 11.6 Å². The molecule has 1 unspecified atom stereocenters. The van der Waals surface area contributed by atoms with Crippen molar-refractivity contribution < 1.29 is 13.9 Å². The average Bonchev–Trinajstić information content (AvgIpc) is 2.91. The van der Waals surface area contributed by atoms with Crippen LogP contribution in [0.4, 0.5) is 8.78 Å². The van der Waals surface area contributed by atoms with Crippen molar-refractivity contribution in [3.63, 3.8) is 0 Å². The van der Waals surface area contributed by atoms with Gasteiger partial charge < -0.3 is 10.0 Å². The zero-order valence-corrected chi connectivity index (χ0v) is 20.7. The first kappa shape index (κ1) is 24.7. The van der Waals surface area contributed by atoms with E-state index in [0.717, 1.165) is 39.4 Å². The predicted octanol–water partition coefficient (Wildman–Crippen LogP) is 6.43. The third-order valence-electron chi connectivity index (χ3n) is 6.59. The Labute approximate surface area is 214 Å². The standard InChI is InChI=1S/C31H27F2N3O/c1-36(2)14-12-31(37,24-15-25(32)18-26(33)16-24)23-10-11-29-28(17-23)27(21-7-4-3-5-8-21)19-30(35-29)22-9-6-13-34-20-22/h3-11,13,15-20,37H,12,14H2,1-2H3. The van der Waals surface area contributed by atoms with Crippen LogP contribution >= 0.6 is 0 Å². The number of pyridine rings is 2. The van der Waals surface area contributed by atoms with E-state index in [-0.39, 0.29) is 12.0 Å². The zero-order valence-electron chi connectivity index (χ0n) is 20.7. The number of fused-ring (bicyclic) bond motifs is 1. The Morgan fingerprint density at radius 2 is 1.54 bits per heavy atom. The molecule has 0 radical (unpaired) electrons. The highest BCUT2D eigenvalue weighted by Crippen LogP contribution is 2.38. The Morgan fingerprint density at radius 3 is 2.22 bits per heavy atom.